The summed E-state index contributed by atoms with van der Waals surface area (Å²) in [5.41, 5.74) is 1.06. The molecule has 0 unspecified atom stereocenters. The molecular weight excluding hydrogens is 252 g/mol. The Morgan fingerprint density at radius 1 is 1.20 bits per heavy atom. The molecule has 2 heterocycles. The molecule has 0 radical (unpaired) electrons. The van der Waals surface area contributed by atoms with Gasteiger partial charge in [-0.1, -0.05) is 24.3 Å². The third-order valence-electron chi connectivity index (χ3n) is 3.54. The van der Waals surface area contributed by atoms with Gasteiger partial charge < -0.3 is 9.64 Å². The van der Waals surface area contributed by atoms with Gasteiger partial charge in [-0.15, -0.1) is 0 Å². The summed E-state index contributed by atoms with van der Waals surface area (Å²) in [7, 11) is 0. The normalized spacial score (nSPS) is 18.0. The SMILES string of the molecule is O=CN1CCC[C@@H]1c1ccc(Oc2ccccc2)nc1. The Hall–Kier alpha value is -2.36. The molecule has 4 nitrogen and oxygen atoms in total. The lowest BCUT2D eigenvalue weighted by molar-refractivity contribution is -0.118. The number of carbonyl (C=O) groups is 1. The quantitative estimate of drug-likeness (QED) is 0.800. The first-order valence-electron chi connectivity index (χ1n) is 6.77. The summed E-state index contributed by atoms with van der Waals surface area (Å²) < 4.78 is 5.65. The second-order valence-corrected chi connectivity index (χ2v) is 4.85. The number of hydrogen-bond acceptors (Lipinski definition) is 3. The van der Waals surface area contributed by atoms with E-state index in [4.69, 9.17) is 4.74 Å². The number of nitrogens with zero attached hydrogens (tertiary/aromatic N) is 2. The summed E-state index contributed by atoms with van der Waals surface area (Å²) >= 11 is 0. The lowest BCUT2D eigenvalue weighted by atomic mass is 10.1. The number of carbonyl (C=O) groups excluding carboxylic acids is 1. The van der Waals surface area contributed by atoms with Crippen molar-refractivity contribution in [1.29, 1.82) is 0 Å². The number of amides is 1. The van der Waals surface area contributed by atoms with Gasteiger partial charge in [0.05, 0.1) is 6.04 Å². The Balaban J connectivity index is 1.73. The topological polar surface area (TPSA) is 42.4 Å². The van der Waals surface area contributed by atoms with Crippen LogP contribution >= 0.6 is 0 Å². The Kier molecular flexibility index (Phi) is 3.63. The predicted molar refractivity (Wildman–Crippen MR) is 75.5 cm³/mol. The van der Waals surface area contributed by atoms with Crippen LogP contribution in [0, 0.1) is 0 Å². The van der Waals surface area contributed by atoms with E-state index in [0.29, 0.717) is 5.88 Å². The summed E-state index contributed by atoms with van der Waals surface area (Å²) in [6.07, 6.45) is 4.77. The first-order valence-corrected chi connectivity index (χ1v) is 6.77. The van der Waals surface area contributed by atoms with Crippen LogP contribution in [0.4, 0.5) is 0 Å². The summed E-state index contributed by atoms with van der Waals surface area (Å²) in [5, 5.41) is 0. The minimum atomic E-state index is 0.158. The van der Waals surface area contributed by atoms with Crippen LogP contribution in [-0.4, -0.2) is 22.8 Å². The van der Waals surface area contributed by atoms with E-state index < -0.39 is 0 Å². The molecule has 1 aromatic heterocycles. The Morgan fingerprint density at radius 2 is 2.05 bits per heavy atom. The second-order valence-electron chi connectivity index (χ2n) is 4.85. The molecule has 0 aliphatic carbocycles. The van der Waals surface area contributed by atoms with Crippen molar-refractivity contribution in [2.45, 2.75) is 18.9 Å². The maximum Gasteiger partial charge on any atom is 0.219 e. The van der Waals surface area contributed by atoms with Crippen LogP contribution in [0.5, 0.6) is 11.6 Å². The minimum absolute atomic E-state index is 0.158. The van der Waals surface area contributed by atoms with Crippen LogP contribution in [0.3, 0.4) is 0 Å². The number of ether oxygens (including phenoxy) is 1. The van der Waals surface area contributed by atoms with Crippen molar-refractivity contribution < 1.29 is 9.53 Å². The predicted octanol–water partition coefficient (Wildman–Crippen LogP) is 3.17. The van der Waals surface area contributed by atoms with Crippen LogP contribution < -0.4 is 4.74 Å². The molecule has 4 heteroatoms. The molecular formula is C16H16N2O2. The zero-order valence-electron chi connectivity index (χ0n) is 11.1. The number of aromatic nitrogens is 1. The molecule has 0 saturated carbocycles. The van der Waals surface area contributed by atoms with Crippen molar-refractivity contribution in [2.24, 2.45) is 0 Å². The Morgan fingerprint density at radius 3 is 2.75 bits per heavy atom. The van der Waals surface area contributed by atoms with Gasteiger partial charge in [0.15, 0.2) is 0 Å². The molecule has 1 fully saturated rings. The average molecular weight is 268 g/mol. The van der Waals surface area contributed by atoms with E-state index in [1.807, 2.05) is 47.4 Å². The highest BCUT2D eigenvalue weighted by Gasteiger charge is 2.24. The molecule has 1 saturated heterocycles. The third-order valence-corrected chi connectivity index (χ3v) is 3.54. The van der Waals surface area contributed by atoms with Crippen LogP contribution in [0.2, 0.25) is 0 Å². The van der Waals surface area contributed by atoms with Crippen molar-refractivity contribution in [3.63, 3.8) is 0 Å². The summed E-state index contributed by atoms with van der Waals surface area (Å²) in [6.45, 7) is 0.830. The van der Waals surface area contributed by atoms with E-state index in [1.54, 1.807) is 6.20 Å². The Labute approximate surface area is 118 Å². The summed E-state index contributed by atoms with van der Waals surface area (Å²) in [5.74, 6) is 1.33. The standard InChI is InChI=1S/C16H16N2O2/c19-12-18-10-4-7-15(18)13-8-9-16(17-11-13)20-14-5-2-1-3-6-14/h1-3,5-6,8-9,11-12,15H,4,7,10H2/t15-/m1/s1. The number of pyridine rings is 1. The molecule has 1 aliphatic heterocycles. The number of hydrogen-bond donors (Lipinski definition) is 0. The molecule has 0 bridgehead atoms. The van der Waals surface area contributed by atoms with Gasteiger partial charge in [0.1, 0.15) is 5.75 Å². The number of para-hydroxylation sites is 1. The van der Waals surface area contributed by atoms with Crippen LogP contribution in [0.15, 0.2) is 48.7 Å². The fourth-order valence-corrected chi connectivity index (χ4v) is 2.53. The zero-order chi connectivity index (χ0) is 13.8. The molecule has 102 valence electrons. The van der Waals surface area contributed by atoms with Gasteiger partial charge in [-0.25, -0.2) is 4.98 Å². The van der Waals surface area contributed by atoms with E-state index in [0.717, 1.165) is 37.1 Å². The van der Waals surface area contributed by atoms with Crippen molar-refractivity contribution in [1.82, 2.24) is 9.88 Å². The maximum atomic E-state index is 11.0. The third kappa shape index (κ3) is 2.64. The second kappa shape index (κ2) is 5.74. The van der Waals surface area contributed by atoms with E-state index in [-0.39, 0.29) is 6.04 Å². The van der Waals surface area contributed by atoms with Gasteiger partial charge in [-0.3, -0.25) is 4.79 Å². The molecule has 0 N–H and O–H groups in total. The molecule has 2 aromatic rings. The number of rotatable bonds is 4. The van der Waals surface area contributed by atoms with Gasteiger partial charge in [0, 0.05) is 18.8 Å². The molecule has 1 aromatic carbocycles. The molecule has 1 aliphatic rings. The molecule has 3 rings (SSSR count). The van der Waals surface area contributed by atoms with Crippen LogP contribution in [0.1, 0.15) is 24.4 Å². The van der Waals surface area contributed by atoms with Crippen LogP contribution in [0.25, 0.3) is 0 Å². The average Bonchev–Trinajstić information content (AvgIpc) is 2.98. The van der Waals surface area contributed by atoms with Gasteiger partial charge >= 0.3 is 0 Å². The first-order chi connectivity index (χ1) is 9.86. The van der Waals surface area contributed by atoms with E-state index in [2.05, 4.69) is 4.98 Å². The van der Waals surface area contributed by atoms with E-state index in [9.17, 15) is 4.79 Å². The van der Waals surface area contributed by atoms with E-state index in [1.165, 1.54) is 0 Å². The smallest absolute Gasteiger partial charge is 0.219 e. The van der Waals surface area contributed by atoms with Gasteiger partial charge in [-0.2, -0.15) is 0 Å². The molecule has 0 spiro atoms. The van der Waals surface area contributed by atoms with Crippen LogP contribution in [-0.2, 0) is 4.79 Å². The zero-order valence-corrected chi connectivity index (χ0v) is 11.1. The fraction of sp³-hybridized carbons (Fsp3) is 0.250. The summed E-state index contributed by atoms with van der Waals surface area (Å²) in [6, 6.07) is 13.6. The lowest BCUT2D eigenvalue weighted by Gasteiger charge is -2.19. The molecule has 1 amide bonds. The highest BCUT2D eigenvalue weighted by molar-refractivity contribution is 5.49. The monoisotopic (exact) mass is 268 g/mol. The van der Waals surface area contributed by atoms with Crippen molar-refractivity contribution in [3.8, 4) is 11.6 Å². The van der Waals surface area contributed by atoms with Gasteiger partial charge in [-0.05, 0) is 30.5 Å². The lowest BCUT2D eigenvalue weighted by Crippen LogP contribution is -2.21. The highest BCUT2D eigenvalue weighted by atomic mass is 16.5. The van der Waals surface area contributed by atoms with Crippen molar-refractivity contribution >= 4 is 6.41 Å². The maximum absolute atomic E-state index is 11.0. The fourth-order valence-electron chi connectivity index (χ4n) is 2.53. The molecule has 1 atom stereocenters. The number of benzene rings is 1. The largest absolute Gasteiger partial charge is 0.439 e. The van der Waals surface area contributed by atoms with E-state index >= 15 is 0 Å². The molecule has 20 heavy (non-hydrogen) atoms. The minimum Gasteiger partial charge on any atom is -0.439 e. The van der Waals surface area contributed by atoms with Gasteiger partial charge in [0.25, 0.3) is 0 Å². The first kappa shape index (κ1) is 12.7. The van der Waals surface area contributed by atoms with Crippen molar-refractivity contribution in [3.05, 3.63) is 54.2 Å². The highest BCUT2D eigenvalue weighted by Crippen LogP contribution is 2.31. The summed E-state index contributed by atoms with van der Waals surface area (Å²) in [4.78, 5) is 17.1. The van der Waals surface area contributed by atoms with Gasteiger partial charge in [0.2, 0.25) is 12.3 Å². The van der Waals surface area contributed by atoms with Crippen molar-refractivity contribution in [2.75, 3.05) is 6.54 Å². The number of likely N-dealkylation sites (tertiary alicyclic amines) is 1. The Bertz CT molecular complexity index is 569.